The van der Waals surface area contributed by atoms with Gasteiger partial charge in [0.05, 0.1) is 5.41 Å². The first-order valence-electron chi connectivity index (χ1n) is 6.54. The summed E-state index contributed by atoms with van der Waals surface area (Å²) in [6.07, 6.45) is 1.89. The third kappa shape index (κ3) is 5.21. The van der Waals surface area contributed by atoms with E-state index in [-0.39, 0.29) is 18.3 Å². The standard InChI is InChI=1S/C15H24N2O.ClH/c1-12-6-8-13(9-7-12)15(2,3)14(18)17-11-5-4-10-16;/h6-9H,4-5,10-11,16H2,1-3H3,(H,17,18);1H. The van der Waals surface area contributed by atoms with E-state index in [0.29, 0.717) is 13.1 Å². The van der Waals surface area contributed by atoms with Crippen LogP contribution >= 0.6 is 12.4 Å². The molecule has 0 spiro atoms. The molecule has 19 heavy (non-hydrogen) atoms. The maximum atomic E-state index is 12.2. The molecule has 1 aromatic rings. The van der Waals surface area contributed by atoms with E-state index < -0.39 is 5.41 Å². The number of hydrogen-bond acceptors (Lipinski definition) is 2. The van der Waals surface area contributed by atoms with Crippen molar-refractivity contribution in [1.29, 1.82) is 0 Å². The molecule has 0 bridgehead atoms. The SMILES string of the molecule is Cc1ccc(C(C)(C)C(=O)NCCCCN)cc1.Cl. The molecule has 1 rings (SSSR count). The van der Waals surface area contributed by atoms with Crippen LogP contribution in [0.2, 0.25) is 0 Å². The Hall–Kier alpha value is -1.06. The lowest BCUT2D eigenvalue weighted by molar-refractivity contribution is -0.125. The predicted molar refractivity (Wildman–Crippen MR) is 82.8 cm³/mol. The van der Waals surface area contributed by atoms with Gasteiger partial charge in [-0.2, -0.15) is 0 Å². The third-order valence-corrected chi connectivity index (χ3v) is 3.26. The van der Waals surface area contributed by atoms with Gasteiger partial charge in [0, 0.05) is 6.54 Å². The summed E-state index contributed by atoms with van der Waals surface area (Å²) in [5, 5.41) is 2.98. The van der Waals surface area contributed by atoms with Crippen LogP contribution in [0.5, 0.6) is 0 Å². The van der Waals surface area contributed by atoms with E-state index in [1.807, 2.05) is 45.0 Å². The van der Waals surface area contributed by atoms with E-state index in [4.69, 9.17) is 5.73 Å². The van der Waals surface area contributed by atoms with Crippen LogP contribution in [-0.2, 0) is 10.2 Å². The first kappa shape index (κ1) is 17.9. The second-order valence-electron chi connectivity index (χ2n) is 5.24. The average molecular weight is 285 g/mol. The number of nitrogens with two attached hydrogens (primary N) is 1. The van der Waals surface area contributed by atoms with Gasteiger partial charge in [-0.15, -0.1) is 12.4 Å². The van der Waals surface area contributed by atoms with Crippen molar-refractivity contribution in [1.82, 2.24) is 5.32 Å². The van der Waals surface area contributed by atoms with Crippen LogP contribution in [0.1, 0.15) is 37.8 Å². The largest absolute Gasteiger partial charge is 0.355 e. The van der Waals surface area contributed by atoms with E-state index in [0.717, 1.165) is 18.4 Å². The van der Waals surface area contributed by atoms with Crippen LogP contribution in [0, 0.1) is 6.92 Å². The Morgan fingerprint density at radius 3 is 2.32 bits per heavy atom. The quantitative estimate of drug-likeness (QED) is 0.789. The number of halogens is 1. The monoisotopic (exact) mass is 284 g/mol. The van der Waals surface area contributed by atoms with Crippen LogP contribution < -0.4 is 11.1 Å². The van der Waals surface area contributed by atoms with E-state index >= 15 is 0 Å². The molecule has 3 N–H and O–H groups in total. The molecule has 3 nitrogen and oxygen atoms in total. The number of unbranched alkanes of at least 4 members (excludes halogenated alkanes) is 1. The Morgan fingerprint density at radius 2 is 1.79 bits per heavy atom. The summed E-state index contributed by atoms with van der Waals surface area (Å²) in [5.74, 6) is 0.0726. The molecule has 0 aromatic heterocycles. The number of benzene rings is 1. The minimum Gasteiger partial charge on any atom is -0.355 e. The Morgan fingerprint density at radius 1 is 1.21 bits per heavy atom. The van der Waals surface area contributed by atoms with E-state index in [1.54, 1.807) is 0 Å². The number of carbonyl (C=O) groups is 1. The normalized spacial score (nSPS) is 10.7. The topological polar surface area (TPSA) is 55.1 Å². The fourth-order valence-electron chi connectivity index (χ4n) is 1.79. The molecule has 0 aliphatic carbocycles. The van der Waals surface area contributed by atoms with Crippen molar-refractivity contribution < 1.29 is 4.79 Å². The van der Waals surface area contributed by atoms with E-state index in [1.165, 1.54) is 5.56 Å². The van der Waals surface area contributed by atoms with Gasteiger partial charge in [-0.1, -0.05) is 29.8 Å². The van der Waals surface area contributed by atoms with Crippen LogP contribution in [-0.4, -0.2) is 19.0 Å². The molecule has 0 unspecified atom stereocenters. The van der Waals surface area contributed by atoms with E-state index in [9.17, 15) is 4.79 Å². The summed E-state index contributed by atoms with van der Waals surface area (Å²) in [5.41, 5.74) is 7.19. The number of aryl methyl sites for hydroxylation is 1. The zero-order valence-electron chi connectivity index (χ0n) is 12.0. The zero-order chi connectivity index (χ0) is 13.6. The highest BCUT2D eigenvalue weighted by Gasteiger charge is 2.29. The molecule has 0 saturated heterocycles. The van der Waals surface area contributed by atoms with Crippen LogP contribution in [0.4, 0.5) is 0 Å². The second kappa shape index (κ2) is 8.18. The Balaban J connectivity index is 0.00000324. The van der Waals surface area contributed by atoms with Gasteiger partial charge in [0.1, 0.15) is 0 Å². The maximum absolute atomic E-state index is 12.2. The Kier molecular flexibility index (Phi) is 7.72. The molecule has 0 fully saturated rings. The molecular weight excluding hydrogens is 260 g/mol. The highest BCUT2D eigenvalue weighted by Crippen LogP contribution is 2.23. The van der Waals surface area contributed by atoms with Gasteiger partial charge in [-0.05, 0) is 45.7 Å². The summed E-state index contributed by atoms with van der Waals surface area (Å²) in [6.45, 7) is 7.33. The first-order valence-corrected chi connectivity index (χ1v) is 6.54. The fourth-order valence-corrected chi connectivity index (χ4v) is 1.79. The highest BCUT2D eigenvalue weighted by atomic mass is 35.5. The molecule has 0 saturated carbocycles. The Labute approximate surface area is 122 Å². The molecular formula is C15H25ClN2O. The lowest BCUT2D eigenvalue weighted by atomic mass is 9.83. The number of carbonyl (C=O) groups excluding carboxylic acids is 1. The zero-order valence-corrected chi connectivity index (χ0v) is 12.8. The van der Waals surface area contributed by atoms with Crippen LogP contribution in [0.25, 0.3) is 0 Å². The average Bonchev–Trinajstić information content (AvgIpc) is 2.35. The molecule has 0 heterocycles. The third-order valence-electron chi connectivity index (χ3n) is 3.26. The maximum Gasteiger partial charge on any atom is 0.230 e. The molecule has 108 valence electrons. The molecule has 4 heteroatoms. The summed E-state index contributed by atoms with van der Waals surface area (Å²) in [4.78, 5) is 12.2. The van der Waals surface area contributed by atoms with Gasteiger partial charge in [-0.25, -0.2) is 0 Å². The molecule has 1 aromatic carbocycles. The van der Waals surface area contributed by atoms with Crippen molar-refractivity contribution in [3.63, 3.8) is 0 Å². The number of amides is 1. The summed E-state index contributed by atoms with van der Waals surface area (Å²) < 4.78 is 0. The van der Waals surface area contributed by atoms with Gasteiger partial charge in [0.2, 0.25) is 5.91 Å². The molecule has 0 atom stereocenters. The van der Waals surface area contributed by atoms with Crippen molar-refractivity contribution in [3.8, 4) is 0 Å². The number of rotatable bonds is 6. The van der Waals surface area contributed by atoms with Gasteiger partial charge in [-0.3, -0.25) is 4.79 Å². The van der Waals surface area contributed by atoms with Crippen LogP contribution in [0.3, 0.4) is 0 Å². The van der Waals surface area contributed by atoms with Crippen molar-refractivity contribution in [2.75, 3.05) is 13.1 Å². The minimum absolute atomic E-state index is 0. The smallest absolute Gasteiger partial charge is 0.230 e. The van der Waals surface area contributed by atoms with Crippen molar-refractivity contribution >= 4 is 18.3 Å². The first-order chi connectivity index (χ1) is 8.48. The minimum atomic E-state index is -0.490. The molecule has 0 radical (unpaired) electrons. The number of nitrogens with one attached hydrogen (secondary N) is 1. The van der Waals surface area contributed by atoms with Crippen molar-refractivity contribution in [2.24, 2.45) is 5.73 Å². The lowest BCUT2D eigenvalue weighted by Crippen LogP contribution is -2.40. The number of hydrogen-bond donors (Lipinski definition) is 2. The van der Waals surface area contributed by atoms with Gasteiger partial charge in [0.25, 0.3) is 0 Å². The Bertz CT molecular complexity index is 388. The summed E-state index contributed by atoms with van der Waals surface area (Å²) in [6, 6.07) is 8.13. The highest BCUT2D eigenvalue weighted by molar-refractivity contribution is 5.87. The molecule has 0 aliphatic rings. The van der Waals surface area contributed by atoms with Gasteiger partial charge >= 0.3 is 0 Å². The van der Waals surface area contributed by atoms with Crippen molar-refractivity contribution in [2.45, 2.75) is 39.0 Å². The summed E-state index contributed by atoms with van der Waals surface area (Å²) in [7, 11) is 0. The molecule has 1 amide bonds. The molecule has 0 aliphatic heterocycles. The van der Waals surface area contributed by atoms with E-state index in [2.05, 4.69) is 5.32 Å². The lowest BCUT2D eigenvalue weighted by Gasteiger charge is -2.24. The second-order valence-corrected chi connectivity index (χ2v) is 5.24. The van der Waals surface area contributed by atoms with Gasteiger partial charge in [0.15, 0.2) is 0 Å². The fraction of sp³-hybridized carbons (Fsp3) is 0.533. The van der Waals surface area contributed by atoms with Gasteiger partial charge < -0.3 is 11.1 Å². The summed E-state index contributed by atoms with van der Waals surface area (Å²) >= 11 is 0. The van der Waals surface area contributed by atoms with Crippen molar-refractivity contribution in [3.05, 3.63) is 35.4 Å². The van der Waals surface area contributed by atoms with Crippen LogP contribution in [0.15, 0.2) is 24.3 Å². The predicted octanol–water partition coefficient (Wildman–Crippen LogP) is 2.55.